The van der Waals surface area contributed by atoms with E-state index in [1.54, 1.807) is 7.11 Å². The lowest BCUT2D eigenvalue weighted by Crippen LogP contribution is -2.37. The molecule has 152 valence electrons. The molecule has 1 aliphatic rings. The lowest BCUT2D eigenvalue weighted by atomic mass is 10.1. The van der Waals surface area contributed by atoms with Crippen molar-refractivity contribution in [3.63, 3.8) is 0 Å². The summed E-state index contributed by atoms with van der Waals surface area (Å²) >= 11 is 0. The molecule has 0 aliphatic carbocycles. The summed E-state index contributed by atoms with van der Waals surface area (Å²) in [6.45, 7) is 4.25. The molecule has 3 N–H and O–H groups in total. The number of methoxy groups -OCH3 is 2. The molecule has 0 saturated heterocycles. The molecule has 1 aromatic heterocycles. The Labute approximate surface area is 162 Å². The highest BCUT2D eigenvalue weighted by Gasteiger charge is 2.15. The van der Waals surface area contributed by atoms with Gasteiger partial charge in [-0.15, -0.1) is 0 Å². The maximum Gasteiger partial charge on any atom is 0.322 e. The quantitative estimate of drug-likeness (QED) is 0.422. The summed E-state index contributed by atoms with van der Waals surface area (Å²) in [7, 11) is 3.07. The number of aryl methyl sites for hydroxylation is 2. The van der Waals surface area contributed by atoms with Crippen LogP contribution < -0.4 is 11.1 Å². The van der Waals surface area contributed by atoms with E-state index in [2.05, 4.69) is 22.3 Å². The van der Waals surface area contributed by atoms with Crippen LogP contribution >= 0.6 is 0 Å². The van der Waals surface area contributed by atoms with Gasteiger partial charge < -0.3 is 25.4 Å². The average molecular weight is 379 g/mol. The number of aromatic nitrogens is 1. The molecule has 1 atom stereocenters. The van der Waals surface area contributed by atoms with Gasteiger partial charge in [0.2, 0.25) is 0 Å². The minimum absolute atomic E-state index is 0.353. The van der Waals surface area contributed by atoms with Crippen LogP contribution in [0.25, 0.3) is 0 Å². The number of nitrogens with two attached hydrogens (primary N) is 1. The van der Waals surface area contributed by atoms with Gasteiger partial charge in [0.05, 0.1) is 13.7 Å². The number of carbonyl (C=O) groups excluding carboxylic acids is 1. The number of hydrogen-bond donors (Lipinski definition) is 2. The van der Waals surface area contributed by atoms with Crippen molar-refractivity contribution in [1.29, 1.82) is 0 Å². The van der Waals surface area contributed by atoms with Crippen LogP contribution in [0.2, 0.25) is 0 Å². The Bertz CT molecular complexity index is 582. The number of rotatable bonds is 12. The third-order valence-corrected chi connectivity index (χ3v) is 4.98. The molecule has 0 amide bonds. The van der Waals surface area contributed by atoms with Crippen LogP contribution in [0.15, 0.2) is 12.1 Å². The molecule has 0 radical (unpaired) electrons. The van der Waals surface area contributed by atoms with Gasteiger partial charge in [0.25, 0.3) is 0 Å². The van der Waals surface area contributed by atoms with Gasteiger partial charge in [0, 0.05) is 32.4 Å². The smallest absolute Gasteiger partial charge is 0.322 e. The molecule has 2 rings (SSSR count). The zero-order valence-corrected chi connectivity index (χ0v) is 16.7. The Morgan fingerprint density at radius 3 is 2.93 bits per heavy atom. The lowest BCUT2D eigenvalue weighted by molar-refractivity contribution is -0.142. The molecule has 27 heavy (non-hydrogen) atoms. The first kappa shape index (κ1) is 21.6. The van der Waals surface area contributed by atoms with Crippen molar-refractivity contribution in [2.24, 2.45) is 5.73 Å². The Morgan fingerprint density at radius 2 is 2.15 bits per heavy atom. The molecule has 7 nitrogen and oxygen atoms in total. The molecule has 0 aromatic carbocycles. The molecule has 7 heteroatoms. The summed E-state index contributed by atoms with van der Waals surface area (Å²) in [4.78, 5) is 18.5. The summed E-state index contributed by atoms with van der Waals surface area (Å²) in [5.41, 5.74) is 8.33. The average Bonchev–Trinajstić information content (AvgIpc) is 2.71. The fraction of sp³-hybridized carbons (Fsp3) is 0.700. The van der Waals surface area contributed by atoms with E-state index in [4.69, 9.17) is 20.2 Å². The van der Waals surface area contributed by atoms with E-state index < -0.39 is 6.04 Å². The number of ether oxygens (including phenoxy) is 2. The molecule has 0 bridgehead atoms. The molecular formula is C20H34N4O3. The molecule has 2 heterocycles. The van der Waals surface area contributed by atoms with Crippen LogP contribution in [0, 0.1) is 0 Å². The zero-order valence-electron chi connectivity index (χ0n) is 16.7. The minimum Gasteiger partial charge on any atom is -0.468 e. The highest BCUT2D eigenvalue weighted by atomic mass is 16.5. The van der Waals surface area contributed by atoms with E-state index in [0.29, 0.717) is 13.0 Å². The third-order valence-electron chi connectivity index (χ3n) is 4.98. The molecule has 0 spiro atoms. The van der Waals surface area contributed by atoms with Crippen molar-refractivity contribution in [3.8, 4) is 0 Å². The number of nitrogens with one attached hydrogen (secondary N) is 1. The van der Waals surface area contributed by atoms with E-state index in [1.807, 2.05) is 0 Å². The van der Waals surface area contributed by atoms with Crippen molar-refractivity contribution >= 4 is 11.8 Å². The van der Waals surface area contributed by atoms with E-state index in [-0.39, 0.29) is 5.97 Å². The van der Waals surface area contributed by atoms with Crippen molar-refractivity contribution in [2.75, 3.05) is 52.3 Å². The Balaban J connectivity index is 1.73. The van der Waals surface area contributed by atoms with E-state index in [0.717, 1.165) is 63.4 Å². The van der Waals surface area contributed by atoms with Gasteiger partial charge in [-0.1, -0.05) is 6.07 Å². The van der Waals surface area contributed by atoms with Crippen LogP contribution in [-0.2, 0) is 27.1 Å². The topological polar surface area (TPSA) is 89.7 Å². The van der Waals surface area contributed by atoms with Crippen LogP contribution in [0.3, 0.4) is 0 Å². The first-order valence-electron chi connectivity index (χ1n) is 9.91. The van der Waals surface area contributed by atoms with E-state index in [1.165, 1.54) is 19.1 Å². The highest BCUT2D eigenvalue weighted by Crippen LogP contribution is 2.20. The molecule has 1 aliphatic heterocycles. The van der Waals surface area contributed by atoms with Crippen LogP contribution in [0.4, 0.5) is 5.82 Å². The maximum absolute atomic E-state index is 11.5. The second-order valence-corrected chi connectivity index (χ2v) is 7.05. The van der Waals surface area contributed by atoms with Crippen LogP contribution in [-0.4, -0.2) is 68.9 Å². The standard InChI is InChI=1S/C20H34N4O3/c1-26-15-14-24(13-10-18(21)20(25)27-2)12-4-3-7-17-9-8-16-6-5-11-22-19(16)23-17/h8-9,18H,3-7,10-15,21H2,1-2H3,(H,22,23)/t18-/m0/s1. The Morgan fingerprint density at radius 1 is 1.30 bits per heavy atom. The van der Waals surface area contributed by atoms with E-state index >= 15 is 0 Å². The normalized spacial score (nSPS) is 14.5. The first-order chi connectivity index (χ1) is 13.1. The SMILES string of the molecule is COCCN(CCCCc1ccc2c(n1)NCCC2)CC[C@H](N)C(=O)OC. The predicted octanol–water partition coefficient (Wildman–Crippen LogP) is 1.60. The van der Waals surface area contributed by atoms with Crippen molar-refractivity contribution in [2.45, 2.75) is 44.6 Å². The number of nitrogens with zero attached hydrogens (tertiary/aromatic N) is 2. The molecule has 1 aromatic rings. The lowest BCUT2D eigenvalue weighted by Gasteiger charge is -2.23. The number of esters is 1. The molecule has 0 fully saturated rings. The van der Waals surface area contributed by atoms with Gasteiger partial charge in [-0.2, -0.15) is 0 Å². The Hall–Kier alpha value is -1.70. The summed E-state index contributed by atoms with van der Waals surface area (Å²) in [6, 6.07) is 3.81. The first-order valence-corrected chi connectivity index (χ1v) is 9.91. The fourth-order valence-corrected chi connectivity index (χ4v) is 3.30. The van der Waals surface area contributed by atoms with Crippen LogP contribution in [0.1, 0.15) is 36.9 Å². The number of hydrogen-bond acceptors (Lipinski definition) is 7. The Kier molecular flexibility index (Phi) is 9.52. The number of fused-ring (bicyclic) bond motifs is 1. The predicted molar refractivity (Wildman–Crippen MR) is 107 cm³/mol. The van der Waals surface area contributed by atoms with Crippen molar-refractivity contribution in [1.82, 2.24) is 9.88 Å². The van der Waals surface area contributed by atoms with Gasteiger partial charge in [-0.05, 0) is 56.7 Å². The molecule has 0 unspecified atom stereocenters. The molecule has 0 saturated carbocycles. The number of unbranched alkanes of at least 4 members (excludes halogenated alkanes) is 1. The minimum atomic E-state index is -0.563. The zero-order chi connectivity index (χ0) is 19.5. The second kappa shape index (κ2) is 11.9. The van der Waals surface area contributed by atoms with Gasteiger partial charge in [-0.25, -0.2) is 4.98 Å². The fourth-order valence-electron chi connectivity index (χ4n) is 3.30. The number of carbonyl (C=O) groups is 1. The second-order valence-electron chi connectivity index (χ2n) is 7.05. The summed E-state index contributed by atoms with van der Waals surface area (Å²) in [5.74, 6) is 0.714. The largest absolute Gasteiger partial charge is 0.468 e. The van der Waals surface area contributed by atoms with Gasteiger partial charge >= 0.3 is 5.97 Å². The van der Waals surface area contributed by atoms with E-state index in [9.17, 15) is 4.79 Å². The van der Waals surface area contributed by atoms with Gasteiger partial charge in [-0.3, -0.25) is 4.79 Å². The number of anilines is 1. The highest BCUT2D eigenvalue weighted by molar-refractivity contribution is 5.75. The third kappa shape index (κ3) is 7.44. The number of pyridine rings is 1. The monoisotopic (exact) mass is 378 g/mol. The van der Waals surface area contributed by atoms with Crippen LogP contribution in [0.5, 0.6) is 0 Å². The molecular weight excluding hydrogens is 344 g/mol. The summed E-state index contributed by atoms with van der Waals surface area (Å²) < 4.78 is 9.89. The van der Waals surface area contributed by atoms with Crippen molar-refractivity contribution in [3.05, 3.63) is 23.4 Å². The van der Waals surface area contributed by atoms with Gasteiger partial charge in [0.15, 0.2) is 0 Å². The van der Waals surface area contributed by atoms with Crippen molar-refractivity contribution < 1.29 is 14.3 Å². The van der Waals surface area contributed by atoms with Gasteiger partial charge in [0.1, 0.15) is 11.9 Å². The summed E-state index contributed by atoms with van der Waals surface area (Å²) in [6.07, 6.45) is 6.04. The maximum atomic E-state index is 11.5. The summed E-state index contributed by atoms with van der Waals surface area (Å²) in [5, 5.41) is 3.39.